The Kier molecular flexibility index (Phi) is 6.69. The second kappa shape index (κ2) is 8.97. The van der Waals surface area contributed by atoms with E-state index in [9.17, 15) is 9.59 Å². The lowest BCUT2D eigenvalue weighted by molar-refractivity contribution is -0.118. The number of aromatic nitrogens is 1. The van der Waals surface area contributed by atoms with Crippen LogP contribution in [0.4, 0.5) is 5.69 Å². The smallest absolute Gasteiger partial charge is 0.248 e. The molecule has 5 nitrogen and oxygen atoms in total. The molecule has 0 saturated carbocycles. The minimum absolute atomic E-state index is 0.0392. The lowest BCUT2D eigenvalue weighted by Gasteiger charge is -2.17. The number of H-pyrrole nitrogens is 1. The first kappa shape index (κ1) is 19.4. The molecule has 2 unspecified atom stereocenters. The minimum Gasteiger partial charge on any atom is -0.325 e. The van der Waals surface area contributed by atoms with Crippen LogP contribution in [0.5, 0.6) is 0 Å². The van der Waals surface area contributed by atoms with Crippen molar-refractivity contribution in [3.05, 3.63) is 77.8 Å². The number of benzene rings is 1. The average Bonchev–Trinajstić information content (AvgIpc) is 2.65. The highest BCUT2D eigenvalue weighted by Crippen LogP contribution is 2.29. The first-order chi connectivity index (χ1) is 12.5. The van der Waals surface area contributed by atoms with Crippen molar-refractivity contribution < 1.29 is 4.79 Å². The molecule has 5 heteroatoms. The fraction of sp³-hybridized carbons (Fsp3) is 0.238. The summed E-state index contributed by atoms with van der Waals surface area (Å²) < 4.78 is 0. The molecule has 0 aliphatic carbocycles. The number of carbonyl (C=O) groups is 1. The van der Waals surface area contributed by atoms with Gasteiger partial charge in [0.25, 0.3) is 0 Å². The third-order valence-corrected chi connectivity index (χ3v) is 4.25. The van der Waals surface area contributed by atoms with Gasteiger partial charge in [-0.2, -0.15) is 0 Å². The molecule has 2 atom stereocenters. The summed E-state index contributed by atoms with van der Waals surface area (Å²) in [5.74, 6) is -0.448. The highest BCUT2D eigenvalue weighted by molar-refractivity contribution is 5.97. The van der Waals surface area contributed by atoms with Crippen LogP contribution in [0.2, 0.25) is 0 Å². The highest BCUT2D eigenvalue weighted by atomic mass is 16.1. The fourth-order valence-corrected chi connectivity index (χ4v) is 2.67. The quantitative estimate of drug-likeness (QED) is 0.636. The monoisotopic (exact) mass is 351 g/mol. The SMILES string of the molecule is C=CCC(NC)c1cc(-c2ccccc2NC(=O)C(C)C=C)cc(=O)[nH]1. The summed E-state index contributed by atoms with van der Waals surface area (Å²) in [7, 11) is 1.84. The molecule has 2 aromatic rings. The van der Waals surface area contributed by atoms with Gasteiger partial charge in [0.05, 0.1) is 12.0 Å². The Morgan fingerprint density at radius 1 is 1.27 bits per heavy atom. The first-order valence-electron chi connectivity index (χ1n) is 8.55. The maximum Gasteiger partial charge on any atom is 0.248 e. The van der Waals surface area contributed by atoms with E-state index in [0.717, 1.165) is 16.8 Å². The second-order valence-electron chi connectivity index (χ2n) is 6.11. The molecule has 1 amide bonds. The number of rotatable bonds is 8. The van der Waals surface area contributed by atoms with Gasteiger partial charge >= 0.3 is 0 Å². The number of nitrogens with one attached hydrogen (secondary N) is 3. The van der Waals surface area contributed by atoms with Gasteiger partial charge in [-0.15, -0.1) is 13.2 Å². The van der Waals surface area contributed by atoms with Crippen molar-refractivity contribution >= 4 is 11.6 Å². The molecule has 26 heavy (non-hydrogen) atoms. The summed E-state index contributed by atoms with van der Waals surface area (Å²) in [6, 6.07) is 10.8. The van der Waals surface area contributed by atoms with E-state index < -0.39 is 0 Å². The van der Waals surface area contributed by atoms with E-state index in [2.05, 4.69) is 28.8 Å². The number of hydrogen-bond acceptors (Lipinski definition) is 3. The van der Waals surface area contributed by atoms with Crippen molar-refractivity contribution in [1.29, 1.82) is 0 Å². The predicted octanol–water partition coefficient (Wildman–Crippen LogP) is 3.64. The van der Waals surface area contributed by atoms with Gasteiger partial charge in [0.15, 0.2) is 0 Å². The van der Waals surface area contributed by atoms with Gasteiger partial charge in [-0.1, -0.05) is 37.3 Å². The van der Waals surface area contributed by atoms with Gasteiger partial charge in [-0.25, -0.2) is 0 Å². The maximum atomic E-state index is 12.2. The van der Waals surface area contributed by atoms with Crippen molar-refractivity contribution in [2.75, 3.05) is 12.4 Å². The Hall–Kier alpha value is -2.92. The summed E-state index contributed by atoms with van der Waals surface area (Å²) in [4.78, 5) is 27.3. The largest absolute Gasteiger partial charge is 0.325 e. The van der Waals surface area contributed by atoms with Gasteiger partial charge in [0.2, 0.25) is 11.5 Å². The zero-order valence-corrected chi connectivity index (χ0v) is 15.2. The number of pyridine rings is 1. The van der Waals surface area contributed by atoms with Crippen molar-refractivity contribution in [3.63, 3.8) is 0 Å². The maximum absolute atomic E-state index is 12.2. The van der Waals surface area contributed by atoms with Crippen LogP contribution in [-0.4, -0.2) is 17.9 Å². The Bertz CT molecular complexity index is 854. The van der Waals surface area contributed by atoms with Crippen molar-refractivity contribution in [2.24, 2.45) is 5.92 Å². The van der Waals surface area contributed by atoms with Gasteiger partial charge in [-0.05, 0) is 31.2 Å². The van der Waals surface area contributed by atoms with Crippen LogP contribution >= 0.6 is 0 Å². The molecule has 2 rings (SSSR count). The Balaban J connectivity index is 2.47. The molecule has 0 saturated heterocycles. The molecular weight excluding hydrogens is 326 g/mol. The zero-order chi connectivity index (χ0) is 19.1. The average molecular weight is 351 g/mol. The normalized spacial score (nSPS) is 12.8. The van der Waals surface area contributed by atoms with E-state index in [0.29, 0.717) is 12.1 Å². The van der Waals surface area contributed by atoms with Crippen molar-refractivity contribution in [1.82, 2.24) is 10.3 Å². The topological polar surface area (TPSA) is 74.0 Å². The van der Waals surface area contributed by atoms with Crippen LogP contribution in [0.3, 0.4) is 0 Å². The van der Waals surface area contributed by atoms with Crippen molar-refractivity contribution in [2.45, 2.75) is 19.4 Å². The molecule has 0 fully saturated rings. The number of amides is 1. The summed E-state index contributed by atoms with van der Waals surface area (Å²) in [6.45, 7) is 9.19. The van der Waals surface area contributed by atoms with Gasteiger partial charge < -0.3 is 15.6 Å². The molecular formula is C21H25N3O2. The van der Waals surface area contributed by atoms with E-state index in [-0.39, 0.29) is 23.4 Å². The highest BCUT2D eigenvalue weighted by Gasteiger charge is 2.15. The summed E-state index contributed by atoms with van der Waals surface area (Å²) in [6.07, 6.45) is 4.08. The Morgan fingerprint density at radius 2 is 2.00 bits per heavy atom. The lowest BCUT2D eigenvalue weighted by atomic mass is 10.0. The number of anilines is 1. The predicted molar refractivity (Wildman–Crippen MR) is 107 cm³/mol. The van der Waals surface area contributed by atoms with Crippen LogP contribution in [0.25, 0.3) is 11.1 Å². The van der Waals surface area contributed by atoms with Crippen LogP contribution in [-0.2, 0) is 4.79 Å². The third kappa shape index (κ3) is 4.58. The number of aromatic amines is 1. The minimum atomic E-state index is -0.306. The Labute approximate surface area is 153 Å². The fourth-order valence-electron chi connectivity index (χ4n) is 2.67. The second-order valence-corrected chi connectivity index (χ2v) is 6.11. The Morgan fingerprint density at radius 3 is 2.65 bits per heavy atom. The summed E-state index contributed by atoms with van der Waals surface area (Å²) >= 11 is 0. The van der Waals surface area contributed by atoms with Gasteiger partial charge in [-0.3, -0.25) is 9.59 Å². The summed E-state index contributed by atoms with van der Waals surface area (Å²) in [5, 5.41) is 6.09. The van der Waals surface area contributed by atoms with E-state index in [1.165, 1.54) is 6.07 Å². The summed E-state index contributed by atoms with van der Waals surface area (Å²) in [5.41, 5.74) is 2.78. The molecule has 1 heterocycles. The van der Waals surface area contributed by atoms with E-state index in [4.69, 9.17) is 0 Å². The standard InChI is InChI=1S/C21H25N3O2/c1-5-9-18(22-4)19-12-15(13-20(25)23-19)16-10-7-8-11-17(16)24-21(26)14(3)6-2/h5-8,10-14,18,22H,1-2,9H2,3-4H3,(H,23,25)(H,24,26). The molecule has 0 radical (unpaired) electrons. The van der Waals surface area contributed by atoms with Crippen LogP contribution in [0.1, 0.15) is 25.1 Å². The molecule has 0 spiro atoms. The van der Waals surface area contributed by atoms with Gasteiger partial charge in [0.1, 0.15) is 0 Å². The molecule has 136 valence electrons. The van der Waals surface area contributed by atoms with Crippen LogP contribution < -0.4 is 16.2 Å². The van der Waals surface area contributed by atoms with Gasteiger partial charge in [0, 0.05) is 23.0 Å². The third-order valence-electron chi connectivity index (χ3n) is 4.25. The lowest BCUT2D eigenvalue weighted by Crippen LogP contribution is -2.21. The number of hydrogen-bond donors (Lipinski definition) is 3. The van der Waals surface area contributed by atoms with E-state index in [1.54, 1.807) is 19.1 Å². The molecule has 1 aromatic carbocycles. The molecule has 0 aliphatic heterocycles. The molecule has 0 bridgehead atoms. The zero-order valence-electron chi connectivity index (χ0n) is 15.2. The van der Waals surface area contributed by atoms with E-state index >= 15 is 0 Å². The molecule has 0 aliphatic rings. The number of para-hydroxylation sites is 1. The van der Waals surface area contributed by atoms with E-state index in [1.807, 2.05) is 37.4 Å². The molecule has 3 N–H and O–H groups in total. The van der Waals surface area contributed by atoms with Crippen LogP contribution in [0, 0.1) is 5.92 Å². The van der Waals surface area contributed by atoms with Crippen LogP contribution in [0.15, 0.2) is 66.5 Å². The number of carbonyl (C=O) groups excluding carboxylic acids is 1. The first-order valence-corrected chi connectivity index (χ1v) is 8.55. The molecule has 1 aromatic heterocycles. The van der Waals surface area contributed by atoms with Crippen molar-refractivity contribution in [3.8, 4) is 11.1 Å².